The fourth-order valence-electron chi connectivity index (χ4n) is 11.7. The summed E-state index contributed by atoms with van der Waals surface area (Å²) in [5.41, 5.74) is 11.3. The summed E-state index contributed by atoms with van der Waals surface area (Å²) in [7, 11) is 0. The molecule has 1 aliphatic carbocycles. The first kappa shape index (κ1) is 41.2. The van der Waals surface area contributed by atoms with E-state index in [0.717, 1.165) is 52.2 Å². The molecule has 0 unspecified atom stereocenters. The highest BCUT2D eigenvalue weighted by atomic mass is 16.5. The molecule has 5 heteroatoms. The summed E-state index contributed by atoms with van der Waals surface area (Å²) in [4.78, 5) is 9.19. The molecule has 0 radical (unpaired) electrons. The van der Waals surface area contributed by atoms with Crippen LogP contribution in [0.15, 0.2) is 188 Å². The Morgan fingerprint density at radius 2 is 1.24 bits per heavy atom. The van der Waals surface area contributed by atoms with Crippen molar-refractivity contribution in [1.29, 1.82) is 0 Å². The van der Waals surface area contributed by atoms with Gasteiger partial charge in [0, 0.05) is 48.7 Å². The molecule has 79 heavy (non-hydrogen) atoms. The monoisotopic (exact) mass is 1050 g/mol. The van der Waals surface area contributed by atoms with Crippen molar-refractivity contribution in [2.45, 2.75) is 124 Å². The predicted octanol–water partition coefficient (Wildman–Crippen LogP) is 20.4. The molecule has 3 heterocycles. The molecule has 12 rings (SSSR count). The van der Waals surface area contributed by atoms with Crippen LogP contribution in [0.2, 0.25) is 0 Å². The average molecular weight is 1050 g/mol. The fraction of sp³-hybridized carbons (Fsp3) is 0.284. The number of anilines is 4. The average Bonchev–Trinajstić information content (AvgIpc) is 1.77. The highest BCUT2D eigenvalue weighted by Gasteiger charge is 2.38. The Balaban J connectivity index is 1.00. The molecule has 0 amide bonds. The van der Waals surface area contributed by atoms with Gasteiger partial charge in [-0.25, -0.2) is 4.98 Å². The number of hydrogen-bond donors (Lipinski definition) is 0. The highest BCUT2D eigenvalue weighted by Crippen LogP contribution is 2.53. The molecule has 8 aromatic carbocycles. The molecule has 1 aliphatic heterocycles. The summed E-state index contributed by atoms with van der Waals surface area (Å²) in [6.07, 6.45) is 2.07. The summed E-state index contributed by atoms with van der Waals surface area (Å²) in [6, 6.07) is 41.8. The van der Waals surface area contributed by atoms with E-state index in [9.17, 15) is 5.48 Å². The molecule has 2 aromatic heterocycles. The smallest absolute Gasteiger partial charge is 0.137 e. The number of aromatic nitrogens is 2. The number of ether oxygens (including phenoxy) is 1. The Hall–Kier alpha value is -7.89. The number of hydrogen-bond acceptors (Lipinski definition) is 4. The van der Waals surface area contributed by atoms with Crippen molar-refractivity contribution < 1.29 is 18.4 Å². The van der Waals surface area contributed by atoms with E-state index in [1.165, 1.54) is 11.1 Å². The Labute approximate surface area is 483 Å². The van der Waals surface area contributed by atoms with Gasteiger partial charge in [-0.2, -0.15) is 0 Å². The maximum absolute atomic E-state index is 10.0. The van der Waals surface area contributed by atoms with Crippen LogP contribution < -0.4 is 14.5 Å². The number of pyridine rings is 1. The Kier molecular flexibility index (Phi) is 10.2. The molecule has 0 atom stereocenters. The molecule has 2 aliphatic rings. The van der Waals surface area contributed by atoms with Crippen molar-refractivity contribution in [2.75, 3.05) is 16.5 Å². The summed E-state index contributed by atoms with van der Waals surface area (Å²) < 4.78 is 102. The van der Waals surface area contributed by atoms with Gasteiger partial charge in [-0.05, 0) is 151 Å². The second-order valence-electron chi connectivity index (χ2n) is 25.3. The van der Waals surface area contributed by atoms with Gasteiger partial charge < -0.3 is 14.5 Å². The van der Waals surface area contributed by atoms with Gasteiger partial charge in [0.15, 0.2) is 0 Å². The first-order chi connectivity index (χ1) is 41.8. The Morgan fingerprint density at radius 1 is 0.570 bits per heavy atom. The largest absolute Gasteiger partial charge is 0.457 e. The van der Waals surface area contributed by atoms with Gasteiger partial charge in [-0.3, -0.25) is 4.57 Å². The minimum Gasteiger partial charge on any atom is -0.457 e. The SMILES string of the molecule is [2H]c1c([2H])c(-c2cccc(-c3ccc4c(c3)C(C)(C)CCC4(C)C)c2N2CN(c3cccc(Oc4ccc5c6c([2H])c([2H])c([2H])c([2H])c6n(-c6cc(C(C)(C)C)ccn6)c5c4)c3)c3ccccc32)c([2H])c([2H])c1-c1cc(C(C)(C)C)cc(C([2H])([2H])C(C)C)c1. The Morgan fingerprint density at radius 3 is 1.97 bits per heavy atom. The van der Waals surface area contributed by atoms with Crippen LogP contribution in [0, 0.1) is 5.92 Å². The topological polar surface area (TPSA) is 33.5 Å². The van der Waals surface area contributed by atoms with Crippen LogP contribution in [0.3, 0.4) is 0 Å². The van der Waals surface area contributed by atoms with Gasteiger partial charge in [-0.1, -0.05) is 198 Å². The number of nitrogens with zero attached hydrogens (tertiary/aromatic N) is 4. The maximum Gasteiger partial charge on any atom is 0.137 e. The summed E-state index contributed by atoms with van der Waals surface area (Å²) in [6.45, 7) is 25.7. The molecular formula is C74H76N4O. The van der Waals surface area contributed by atoms with Crippen LogP contribution in [-0.4, -0.2) is 16.2 Å². The third kappa shape index (κ3) is 9.70. The zero-order valence-electron chi connectivity index (χ0n) is 57.7. The van der Waals surface area contributed by atoms with Gasteiger partial charge >= 0.3 is 0 Å². The van der Waals surface area contributed by atoms with E-state index in [2.05, 4.69) is 94.7 Å². The predicted molar refractivity (Wildman–Crippen MR) is 335 cm³/mol. The molecule has 0 fully saturated rings. The van der Waals surface area contributed by atoms with Gasteiger partial charge in [0.1, 0.15) is 24.0 Å². The summed E-state index contributed by atoms with van der Waals surface area (Å²) in [5, 5.41) is 1.02. The normalized spacial score (nSPS) is 17.0. The third-order valence-corrected chi connectivity index (χ3v) is 16.2. The standard InChI is InChI=1S/C74H76N4O/c1-48(2)39-49-40-53(42-55(41-49)72(6,7)8)50-27-29-51(30-28-50)59-22-18-23-60(52-31-34-63-64(43-52)74(11,12)37-36-73(63,9)10)70(59)77-47-76(66-25-15-16-26-67(66)77)56-19-17-20-57(45-56)79-58-32-33-62-61-21-13-14-24-65(61)78(68(62)46-58)69-44-54(35-38-75-69)71(3,4)5/h13-35,38,40-46,48H,36-37,39,47H2,1-12H3/i13D,14D,21D,24D,27D,28D,29D,30D,39D2. The van der Waals surface area contributed by atoms with E-state index < -0.39 is 11.8 Å². The lowest BCUT2D eigenvalue weighted by molar-refractivity contribution is 0.332. The van der Waals surface area contributed by atoms with Crippen molar-refractivity contribution in [3.8, 4) is 50.7 Å². The first-order valence-electron chi connectivity index (χ1n) is 32.8. The lowest BCUT2D eigenvalue weighted by Gasteiger charge is -2.42. The van der Waals surface area contributed by atoms with Gasteiger partial charge in [0.2, 0.25) is 0 Å². The minimum atomic E-state index is -1.74. The fourth-order valence-corrected chi connectivity index (χ4v) is 11.7. The molecule has 10 aromatic rings. The van der Waals surface area contributed by atoms with Crippen molar-refractivity contribution in [1.82, 2.24) is 9.55 Å². The van der Waals surface area contributed by atoms with Crippen LogP contribution >= 0.6 is 0 Å². The lowest BCUT2D eigenvalue weighted by atomic mass is 9.63. The van der Waals surface area contributed by atoms with Crippen LogP contribution in [0.1, 0.15) is 137 Å². The van der Waals surface area contributed by atoms with Crippen molar-refractivity contribution in [2.24, 2.45) is 5.92 Å². The second kappa shape index (κ2) is 19.5. The van der Waals surface area contributed by atoms with E-state index >= 15 is 0 Å². The van der Waals surface area contributed by atoms with Crippen LogP contribution in [0.25, 0.3) is 61.0 Å². The van der Waals surface area contributed by atoms with E-state index in [0.29, 0.717) is 61.5 Å². The maximum atomic E-state index is 10.0. The lowest BCUT2D eigenvalue weighted by Crippen LogP contribution is -2.33. The van der Waals surface area contributed by atoms with Gasteiger partial charge in [0.25, 0.3) is 0 Å². The third-order valence-electron chi connectivity index (χ3n) is 16.2. The quantitative estimate of drug-likeness (QED) is 0.137. The number of benzene rings is 8. The second-order valence-corrected chi connectivity index (χ2v) is 25.3. The number of rotatable bonds is 10. The van der Waals surface area contributed by atoms with Crippen LogP contribution in [0.5, 0.6) is 11.5 Å². The highest BCUT2D eigenvalue weighted by molar-refractivity contribution is 6.09. The zero-order chi connectivity index (χ0) is 63.9. The number of para-hydroxylation sites is 4. The van der Waals surface area contributed by atoms with Crippen molar-refractivity contribution in [3.63, 3.8) is 0 Å². The van der Waals surface area contributed by atoms with E-state index in [4.69, 9.17) is 17.9 Å². The number of fused-ring (bicyclic) bond motifs is 5. The molecular weight excluding hydrogens is 961 g/mol. The molecule has 398 valence electrons. The summed E-state index contributed by atoms with van der Waals surface area (Å²) in [5.74, 6) is 1.15. The van der Waals surface area contributed by atoms with Gasteiger partial charge in [0.05, 0.1) is 39.1 Å². The van der Waals surface area contributed by atoms with E-state index in [1.54, 1.807) is 12.3 Å². The molecule has 0 N–H and O–H groups in total. The molecule has 0 spiro atoms. The summed E-state index contributed by atoms with van der Waals surface area (Å²) >= 11 is 0. The van der Waals surface area contributed by atoms with Gasteiger partial charge in [-0.15, -0.1) is 0 Å². The Bertz CT molecular complexity index is 4520. The minimum absolute atomic E-state index is 0.0379. The van der Waals surface area contributed by atoms with Crippen LogP contribution in [0.4, 0.5) is 22.7 Å². The molecule has 0 bridgehead atoms. The first-order valence-corrected chi connectivity index (χ1v) is 27.8. The zero-order valence-corrected chi connectivity index (χ0v) is 47.7. The molecule has 0 saturated heterocycles. The van der Waals surface area contributed by atoms with Crippen molar-refractivity contribution >= 4 is 44.6 Å². The molecule has 0 saturated carbocycles. The molecule has 5 nitrogen and oxygen atoms in total. The van der Waals surface area contributed by atoms with E-state index in [1.807, 2.05) is 130 Å². The van der Waals surface area contributed by atoms with Crippen molar-refractivity contribution in [3.05, 3.63) is 216 Å². The van der Waals surface area contributed by atoms with E-state index in [-0.39, 0.29) is 88.3 Å². The van der Waals surface area contributed by atoms with Crippen LogP contribution in [-0.2, 0) is 28.0 Å².